The van der Waals surface area contributed by atoms with Gasteiger partial charge in [-0.1, -0.05) is 20.8 Å². The summed E-state index contributed by atoms with van der Waals surface area (Å²) in [5.74, 6) is 0.483. The standard InChI is InChI=1S/C21H30F3N7O2/c1-14-17(32)27-19(33)31(28-14)8-6-5-7-29-9-11-30(12-10-29)16-13-15(21(22,23)24)25-18(26-16)20(2,3)4/h13H,5-12H2,1-4H3,(H,27,32,33). The number of hydrogen-bond donors (Lipinski definition) is 1. The second-order valence-electron chi connectivity index (χ2n) is 9.29. The van der Waals surface area contributed by atoms with Crippen LogP contribution in [0.3, 0.4) is 0 Å². The minimum absolute atomic E-state index is 0.177. The average Bonchev–Trinajstić information content (AvgIpc) is 2.73. The summed E-state index contributed by atoms with van der Waals surface area (Å²) < 4.78 is 41.4. The lowest BCUT2D eigenvalue weighted by atomic mass is 9.95. The second-order valence-corrected chi connectivity index (χ2v) is 9.29. The van der Waals surface area contributed by atoms with Crippen molar-refractivity contribution in [1.29, 1.82) is 0 Å². The predicted octanol–water partition coefficient (Wildman–Crippen LogP) is 1.95. The summed E-state index contributed by atoms with van der Waals surface area (Å²) in [4.78, 5) is 37.7. The molecule has 1 aliphatic rings. The number of hydrogen-bond acceptors (Lipinski definition) is 7. The molecule has 1 saturated heterocycles. The van der Waals surface area contributed by atoms with Crippen molar-refractivity contribution < 1.29 is 13.2 Å². The fraction of sp³-hybridized carbons (Fsp3) is 0.667. The van der Waals surface area contributed by atoms with Crippen LogP contribution in [0.5, 0.6) is 0 Å². The molecule has 0 saturated carbocycles. The number of piperazine rings is 1. The quantitative estimate of drug-likeness (QED) is 0.646. The van der Waals surface area contributed by atoms with Gasteiger partial charge in [-0.3, -0.25) is 14.7 Å². The number of nitrogens with zero attached hydrogens (tertiary/aromatic N) is 6. The number of aromatic nitrogens is 5. The first-order valence-corrected chi connectivity index (χ1v) is 11.0. The lowest BCUT2D eigenvalue weighted by Gasteiger charge is -2.36. The third kappa shape index (κ3) is 6.40. The zero-order chi connectivity index (χ0) is 24.4. The molecule has 0 radical (unpaired) electrons. The van der Waals surface area contributed by atoms with Crippen LogP contribution in [0.25, 0.3) is 0 Å². The summed E-state index contributed by atoms with van der Waals surface area (Å²) in [6, 6.07) is 1.03. The van der Waals surface area contributed by atoms with Gasteiger partial charge in [0.1, 0.15) is 23.0 Å². The molecule has 0 aliphatic carbocycles. The van der Waals surface area contributed by atoms with Crippen molar-refractivity contribution in [1.82, 2.24) is 29.6 Å². The van der Waals surface area contributed by atoms with Gasteiger partial charge in [-0.15, -0.1) is 0 Å². The molecule has 0 unspecified atom stereocenters. The summed E-state index contributed by atoms with van der Waals surface area (Å²) in [7, 11) is 0. The predicted molar refractivity (Wildman–Crippen MR) is 117 cm³/mol. The zero-order valence-electron chi connectivity index (χ0n) is 19.4. The summed E-state index contributed by atoms with van der Waals surface area (Å²) in [5.41, 5.74) is -2.26. The van der Waals surface area contributed by atoms with Crippen LogP contribution in [0.1, 0.15) is 50.8 Å². The van der Waals surface area contributed by atoms with Gasteiger partial charge in [-0.05, 0) is 26.3 Å². The second kappa shape index (κ2) is 9.62. The highest BCUT2D eigenvalue weighted by atomic mass is 19.4. The van der Waals surface area contributed by atoms with E-state index < -0.39 is 28.5 Å². The van der Waals surface area contributed by atoms with Crippen molar-refractivity contribution in [3.63, 3.8) is 0 Å². The number of H-pyrrole nitrogens is 1. The number of anilines is 1. The van der Waals surface area contributed by atoms with Gasteiger partial charge in [-0.25, -0.2) is 19.4 Å². The van der Waals surface area contributed by atoms with E-state index in [0.717, 1.165) is 19.0 Å². The van der Waals surface area contributed by atoms with E-state index in [1.807, 2.05) is 4.90 Å². The first kappa shape index (κ1) is 24.9. The molecule has 12 heteroatoms. The molecular weight excluding hydrogens is 439 g/mol. The van der Waals surface area contributed by atoms with Crippen LogP contribution in [0.2, 0.25) is 0 Å². The Morgan fingerprint density at radius 2 is 1.64 bits per heavy atom. The molecule has 0 amide bonds. The topological polar surface area (TPSA) is 100 Å². The Morgan fingerprint density at radius 3 is 2.24 bits per heavy atom. The Bertz CT molecular complexity index is 1050. The molecule has 1 aliphatic heterocycles. The highest BCUT2D eigenvalue weighted by Gasteiger charge is 2.35. The van der Waals surface area contributed by atoms with Gasteiger partial charge in [0.2, 0.25) is 0 Å². The van der Waals surface area contributed by atoms with E-state index in [0.29, 0.717) is 45.0 Å². The molecule has 2 aromatic heterocycles. The molecule has 0 atom stereocenters. The third-order valence-corrected chi connectivity index (χ3v) is 5.52. The lowest BCUT2D eigenvalue weighted by Crippen LogP contribution is -2.47. The van der Waals surface area contributed by atoms with Gasteiger partial charge in [-0.2, -0.15) is 18.3 Å². The van der Waals surface area contributed by atoms with Crippen molar-refractivity contribution >= 4 is 5.82 Å². The highest BCUT2D eigenvalue weighted by molar-refractivity contribution is 5.42. The molecule has 0 spiro atoms. The molecule has 182 valence electrons. The van der Waals surface area contributed by atoms with Gasteiger partial charge in [0, 0.05) is 44.2 Å². The largest absolute Gasteiger partial charge is 0.433 e. The molecule has 1 N–H and O–H groups in total. The first-order chi connectivity index (χ1) is 15.3. The maximum atomic E-state index is 13.4. The molecule has 2 aromatic rings. The first-order valence-electron chi connectivity index (χ1n) is 11.0. The number of halogens is 3. The van der Waals surface area contributed by atoms with E-state index in [1.165, 1.54) is 4.68 Å². The van der Waals surface area contributed by atoms with Crippen LogP contribution in [0, 0.1) is 6.92 Å². The number of aromatic amines is 1. The van der Waals surface area contributed by atoms with Crippen LogP contribution in [0.15, 0.2) is 15.7 Å². The van der Waals surface area contributed by atoms with Gasteiger partial charge in [0.05, 0.1) is 0 Å². The number of nitrogens with one attached hydrogen (secondary N) is 1. The number of alkyl halides is 3. The smallest absolute Gasteiger partial charge is 0.354 e. The lowest BCUT2D eigenvalue weighted by molar-refractivity contribution is -0.141. The SMILES string of the molecule is Cc1nn(CCCCN2CCN(c3cc(C(F)(F)F)nc(C(C)(C)C)n3)CC2)c(=O)[nH]c1=O. The summed E-state index contributed by atoms with van der Waals surface area (Å²) in [6.45, 7) is 10.7. The Kier molecular flexibility index (Phi) is 7.25. The van der Waals surface area contributed by atoms with Gasteiger partial charge < -0.3 is 4.90 Å². The third-order valence-electron chi connectivity index (χ3n) is 5.52. The van der Waals surface area contributed by atoms with Crippen molar-refractivity contribution in [2.45, 2.75) is 58.7 Å². The van der Waals surface area contributed by atoms with E-state index >= 15 is 0 Å². The highest BCUT2D eigenvalue weighted by Crippen LogP contribution is 2.32. The number of rotatable bonds is 6. The normalized spacial score (nSPS) is 15.8. The van der Waals surface area contributed by atoms with Crippen LogP contribution < -0.4 is 16.1 Å². The fourth-order valence-corrected chi connectivity index (χ4v) is 3.55. The zero-order valence-corrected chi connectivity index (χ0v) is 19.4. The van der Waals surface area contributed by atoms with Crippen LogP contribution in [-0.4, -0.2) is 62.4 Å². The Morgan fingerprint density at radius 1 is 1.00 bits per heavy atom. The maximum Gasteiger partial charge on any atom is 0.433 e. The summed E-state index contributed by atoms with van der Waals surface area (Å²) in [6.07, 6.45) is -2.98. The van der Waals surface area contributed by atoms with Crippen molar-refractivity contribution in [3.8, 4) is 0 Å². The summed E-state index contributed by atoms with van der Waals surface area (Å²) >= 11 is 0. The molecule has 33 heavy (non-hydrogen) atoms. The van der Waals surface area contributed by atoms with Crippen molar-refractivity contribution in [2.75, 3.05) is 37.6 Å². The fourth-order valence-electron chi connectivity index (χ4n) is 3.55. The van der Waals surface area contributed by atoms with Crippen LogP contribution in [-0.2, 0) is 18.1 Å². The van der Waals surface area contributed by atoms with Gasteiger partial charge in [0.25, 0.3) is 5.56 Å². The Balaban J connectivity index is 1.55. The van der Waals surface area contributed by atoms with Crippen LogP contribution >= 0.6 is 0 Å². The number of aryl methyl sites for hydroxylation is 2. The minimum atomic E-state index is -4.53. The van der Waals surface area contributed by atoms with E-state index in [4.69, 9.17) is 0 Å². The van der Waals surface area contributed by atoms with Crippen molar-refractivity contribution in [3.05, 3.63) is 44.1 Å². The number of unbranched alkanes of at least 4 members (excludes halogenated alkanes) is 1. The van der Waals surface area contributed by atoms with Gasteiger partial charge >= 0.3 is 11.9 Å². The maximum absolute atomic E-state index is 13.4. The Labute approximate surface area is 189 Å². The van der Waals surface area contributed by atoms with Gasteiger partial charge in [0.15, 0.2) is 0 Å². The van der Waals surface area contributed by atoms with Crippen molar-refractivity contribution in [2.24, 2.45) is 0 Å². The summed E-state index contributed by atoms with van der Waals surface area (Å²) in [5, 5.41) is 4.00. The monoisotopic (exact) mass is 469 g/mol. The molecule has 0 aromatic carbocycles. The molecule has 0 bridgehead atoms. The molecule has 1 fully saturated rings. The molecule has 9 nitrogen and oxygen atoms in total. The Hall–Kier alpha value is -2.76. The molecule has 3 heterocycles. The molecule has 3 rings (SSSR count). The molecular formula is C21H30F3N7O2. The van der Waals surface area contributed by atoms with E-state index in [1.54, 1.807) is 27.7 Å². The van der Waals surface area contributed by atoms with E-state index in [-0.39, 0.29) is 11.5 Å². The average molecular weight is 470 g/mol. The minimum Gasteiger partial charge on any atom is -0.354 e. The van der Waals surface area contributed by atoms with E-state index in [2.05, 4.69) is 25.0 Å². The van der Waals surface area contributed by atoms with E-state index in [9.17, 15) is 22.8 Å². The van der Waals surface area contributed by atoms with Crippen LogP contribution in [0.4, 0.5) is 19.0 Å².